The number of nitrogens with zero attached hydrogens (tertiary/aromatic N) is 1. The van der Waals surface area contributed by atoms with E-state index in [4.69, 9.17) is 5.11 Å². The average molecular weight is 262 g/mol. The van der Waals surface area contributed by atoms with Gasteiger partial charge in [0, 0.05) is 32.0 Å². The third-order valence-electron chi connectivity index (χ3n) is 2.57. The van der Waals surface area contributed by atoms with E-state index in [0.717, 1.165) is 11.3 Å². The van der Waals surface area contributed by atoms with Crippen molar-refractivity contribution in [3.05, 3.63) is 23.8 Å². The van der Waals surface area contributed by atoms with E-state index in [1.54, 1.807) is 12.1 Å². The summed E-state index contributed by atoms with van der Waals surface area (Å²) < 4.78 is 36.4. The van der Waals surface area contributed by atoms with Crippen molar-refractivity contribution >= 4 is 11.4 Å². The van der Waals surface area contributed by atoms with Gasteiger partial charge in [0.25, 0.3) is 0 Å². The minimum absolute atomic E-state index is 0.549. The van der Waals surface area contributed by atoms with Crippen molar-refractivity contribution in [3.8, 4) is 0 Å². The van der Waals surface area contributed by atoms with Crippen LogP contribution in [0.15, 0.2) is 18.2 Å². The predicted molar refractivity (Wildman–Crippen MR) is 66.1 cm³/mol. The van der Waals surface area contributed by atoms with Gasteiger partial charge in [-0.25, -0.2) is 0 Å². The molecule has 0 aliphatic rings. The van der Waals surface area contributed by atoms with Crippen LogP contribution in [-0.2, 0) is 0 Å². The molecule has 6 heteroatoms. The number of aliphatic hydroxyl groups excluding tert-OH is 1. The molecule has 0 saturated heterocycles. The summed E-state index contributed by atoms with van der Waals surface area (Å²) >= 11 is 0. The van der Waals surface area contributed by atoms with Gasteiger partial charge in [-0.1, -0.05) is 6.07 Å². The monoisotopic (exact) mass is 262 g/mol. The lowest BCUT2D eigenvalue weighted by Gasteiger charge is -2.19. The van der Waals surface area contributed by atoms with Crippen LogP contribution in [0.3, 0.4) is 0 Å². The minimum atomic E-state index is -4.60. The van der Waals surface area contributed by atoms with Crippen molar-refractivity contribution < 1.29 is 18.3 Å². The summed E-state index contributed by atoms with van der Waals surface area (Å²) in [5, 5.41) is 11.5. The molecule has 1 aromatic rings. The molecule has 0 aromatic heterocycles. The largest absolute Gasteiger partial charge is 0.416 e. The molecule has 1 atom stereocenters. The Bertz CT molecular complexity index is 405. The van der Waals surface area contributed by atoms with E-state index in [-0.39, 0.29) is 0 Å². The highest BCUT2D eigenvalue weighted by molar-refractivity contribution is 5.61. The zero-order chi connectivity index (χ0) is 13.9. The topological polar surface area (TPSA) is 35.5 Å². The summed E-state index contributed by atoms with van der Waals surface area (Å²) in [6.45, 7) is 1.36. The SMILES string of the molecule is Cc1ccc(NCC(O)C(F)(F)F)cc1N(C)C. The van der Waals surface area contributed by atoms with Crippen molar-refractivity contribution in [2.24, 2.45) is 0 Å². The number of aliphatic hydroxyl groups is 1. The Morgan fingerprint density at radius 3 is 2.44 bits per heavy atom. The molecule has 0 aliphatic heterocycles. The molecule has 1 rings (SSSR count). The summed E-state index contributed by atoms with van der Waals surface area (Å²) in [6.07, 6.45) is -6.95. The lowest BCUT2D eigenvalue weighted by atomic mass is 10.1. The highest BCUT2D eigenvalue weighted by atomic mass is 19.4. The van der Waals surface area contributed by atoms with Gasteiger partial charge in [-0.05, 0) is 24.6 Å². The Morgan fingerprint density at radius 2 is 1.94 bits per heavy atom. The minimum Gasteiger partial charge on any atom is -0.382 e. The number of benzene rings is 1. The molecule has 102 valence electrons. The molecule has 0 heterocycles. The molecule has 0 radical (unpaired) electrons. The maximum absolute atomic E-state index is 12.1. The lowest BCUT2D eigenvalue weighted by Crippen LogP contribution is -2.35. The van der Waals surface area contributed by atoms with Crippen LogP contribution in [0.25, 0.3) is 0 Å². The zero-order valence-electron chi connectivity index (χ0n) is 10.5. The van der Waals surface area contributed by atoms with Crippen LogP contribution in [0, 0.1) is 6.92 Å². The Balaban J connectivity index is 2.72. The van der Waals surface area contributed by atoms with Gasteiger partial charge in [-0.2, -0.15) is 13.2 Å². The number of hydrogen-bond donors (Lipinski definition) is 2. The van der Waals surface area contributed by atoms with E-state index < -0.39 is 18.8 Å². The molecule has 0 fully saturated rings. The molecule has 18 heavy (non-hydrogen) atoms. The van der Waals surface area contributed by atoms with Crippen LogP contribution in [0.4, 0.5) is 24.5 Å². The maximum atomic E-state index is 12.1. The first-order chi connectivity index (χ1) is 8.21. The summed E-state index contributed by atoms with van der Waals surface area (Å²) in [5.41, 5.74) is 2.50. The fraction of sp³-hybridized carbons (Fsp3) is 0.500. The van der Waals surface area contributed by atoms with Crippen molar-refractivity contribution in [2.75, 3.05) is 30.9 Å². The summed E-state index contributed by atoms with van der Waals surface area (Å²) in [7, 11) is 3.72. The van der Waals surface area contributed by atoms with Crippen LogP contribution in [0.5, 0.6) is 0 Å². The number of nitrogens with one attached hydrogen (secondary N) is 1. The third-order valence-corrected chi connectivity index (χ3v) is 2.57. The van der Waals surface area contributed by atoms with Crippen LogP contribution in [0.2, 0.25) is 0 Å². The van der Waals surface area contributed by atoms with Gasteiger partial charge in [-0.15, -0.1) is 0 Å². The van der Waals surface area contributed by atoms with Crippen molar-refractivity contribution in [1.82, 2.24) is 0 Å². The van der Waals surface area contributed by atoms with E-state index in [1.165, 1.54) is 0 Å². The first-order valence-electron chi connectivity index (χ1n) is 5.48. The van der Waals surface area contributed by atoms with Crippen LogP contribution < -0.4 is 10.2 Å². The van der Waals surface area contributed by atoms with Crippen molar-refractivity contribution in [2.45, 2.75) is 19.2 Å². The van der Waals surface area contributed by atoms with Gasteiger partial charge in [0.05, 0.1) is 0 Å². The Morgan fingerprint density at radius 1 is 1.33 bits per heavy atom. The zero-order valence-corrected chi connectivity index (χ0v) is 10.5. The number of alkyl halides is 3. The molecule has 0 saturated carbocycles. The van der Waals surface area contributed by atoms with E-state index in [1.807, 2.05) is 32.0 Å². The van der Waals surface area contributed by atoms with E-state index >= 15 is 0 Å². The summed E-state index contributed by atoms with van der Waals surface area (Å²) in [6, 6.07) is 5.25. The number of aryl methyl sites for hydroxylation is 1. The molecule has 2 N–H and O–H groups in total. The molecule has 0 spiro atoms. The van der Waals surface area contributed by atoms with Gasteiger partial charge in [0.2, 0.25) is 0 Å². The van der Waals surface area contributed by atoms with E-state index in [0.29, 0.717) is 5.69 Å². The predicted octanol–water partition coefficient (Wildman–Crippen LogP) is 2.40. The Hall–Kier alpha value is -1.43. The number of rotatable bonds is 4. The number of halogens is 3. The normalized spacial score (nSPS) is 13.3. The maximum Gasteiger partial charge on any atom is 0.416 e. The molecule has 3 nitrogen and oxygen atoms in total. The first-order valence-corrected chi connectivity index (χ1v) is 5.48. The van der Waals surface area contributed by atoms with E-state index in [9.17, 15) is 13.2 Å². The average Bonchev–Trinajstić information content (AvgIpc) is 2.25. The number of anilines is 2. The fourth-order valence-corrected chi connectivity index (χ4v) is 1.53. The van der Waals surface area contributed by atoms with Gasteiger partial charge in [0.15, 0.2) is 6.10 Å². The quantitative estimate of drug-likeness (QED) is 0.874. The molecule has 1 unspecified atom stereocenters. The van der Waals surface area contributed by atoms with Crippen LogP contribution in [-0.4, -0.2) is 38.0 Å². The smallest absolute Gasteiger partial charge is 0.382 e. The van der Waals surface area contributed by atoms with Gasteiger partial charge >= 0.3 is 6.18 Å². The van der Waals surface area contributed by atoms with Gasteiger partial charge < -0.3 is 15.3 Å². The van der Waals surface area contributed by atoms with Crippen LogP contribution >= 0.6 is 0 Å². The second kappa shape index (κ2) is 5.48. The van der Waals surface area contributed by atoms with E-state index in [2.05, 4.69) is 5.32 Å². The Labute approximate surface area is 104 Å². The Kier molecular flexibility index (Phi) is 4.45. The second-order valence-corrected chi connectivity index (χ2v) is 4.33. The first kappa shape index (κ1) is 14.6. The number of hydrogen-bond acceptors (Lipinski definition) is 3. The highest BCUT2D eigenvalue weighted by Crippen LogP contribution is 2.24. The molecule has 0 amide bonds. The second-order valence-electron chi connectivity index (χ2n) is 4.33. The summed E-state index contributed by atoms with van der Waals surface area (Å²) in [4.78, 5) is 1.88. The third kappa shape index (κ3) is 3.80. The standard InChI is InChI=1S/C12H17F3N2O/c1-8-4-5-9(6-10(8)17(2)3)16-7-11(18)12(13,14)15/h4-6,11,16,18H,7H2,1-3H3. The summed E-state index contributed by atoms with van der Waals surface area (Å²) in [5.74, 6) is 0. The fourth-order valence-electron chi connectivity index (χ4n) is 1.53. The van der Waals surface area contributed by atoms with Gasteiger partial charge in [-0.3, -0.25) is 0 Å². The highest BCUT2D eigenvalue weighted by Gasteiger charge is 2.37. The molecule has 1 aromatic carbocycles. The molecular weight excluding hydrogens is 245 g/mol. The molecule has 0 bridgehead atoms. The molecular formula is C12H17F3N2O. The van der Waals surface area contributed by atoms with Crippen LogP contribution in [0.1, 0.15) is 5.56 Å². The molecule has 0 aliphatic carbocycles. The lowest BCUT2D eigenvalue weighted by molar-refractivity contribution is -0.198. The van der Waals surface area contributed by atoms with Gasteiger partial charge in [0.1, 0.15) is 0 Å². The van der Waals surface area contributed by atoms with Crippen molar-refractivity contribution in [1.29, 1.82) is 0 Å². The van der Waals surface area contributed by atoms with Crippen molar-refractivity contribution in [3.63, 3.8) is 0 Å².